The van der Waals surface area contributed by atoms with Crippen LogP contribution in [0.4, 0.5) is 4.39 Å². The molecule has 0 aliphatic heterocycles. The van der Waals surface area contributed by atoms with E-state index >= 15 is 0 Å². The Bertz CT molecular complexity index is 688. The van der Waals surface area contributed by atoms with Crippen LogP contribution in [-0.2, 0) is 6.54 Å². The van der Waals surface area contributed by atoms with Gasteiger partial charge in [-0.25, -0.2) is 9.18 Å². The molecule has 1 fully saturated rings. The highest BCUT2D eigenvalue weighted by molar-refractivity contribution is 7.21. The molecule has 3 N–H and O–H groups in total. The predicted octanol–water partition coefficient (Wildman–Crippen LogP) is 2.74. The Kier molecular flexibility index (Phi) is 3.69. The highest BCUT2D eigenvalue weighted by Gasteiger charge is 2.36. The molecular weight excluding hydrogens is 293 g/mol. The number of halogens is 1. The van der Waals surface area contributed by atoms with Gasteiger partial charge in [0.1, 0.15) is 10.7 Å². The van der Waals surface area contributed by atoms with Gasteiger partial charge >= 0.3 is 5.97 Å². The number of aliphatic hydroxyl groups excluding tert-OH is 1. The van der Waals surface area contributed by atoms with Crippen LogP contribution in [0.15, 0.2) is 18.2 Å². The molecule has 0 bridgehead atoms. The van der Waals surface area contributed by atoms with Crippen LogP contribution >= 0.6 is 11.3 Å². The zero-order valence-corrected chi connectivity index (χ0v) is 12.2. The maximum absolute atomic E-state index is 14.1. The zero-order chi connectivity index (χ0) is 15.0. The summed E-state index contributed by atoms with van der Waals surface area (Å²) in [6.45, 7) is 0.267. The summed E-state index contributed by atoms with van der Waals surface area (Å²) in [5, 5.41) is 22.4. The van der Waals surface area contributed by atoms with Gasteiger partial charge in [0.2, 0.25) is 0 Å². The molecule has 4 nitrogen and oxygen atoms in total. The summed E-state index contributed by atoms with van der Waals surface area (Å²) in [7, 11) is 0. The fourth-order valence-electron chi connectivity index (χ4n) is 2.78. The van der Waals surface area contributed by atoms with Crippen molar-refractivity contribution in [1.82, 2.24) is 5.32 Å². The van der Waals surface area contributed by atoms with Gasteiger partial charge in [-0.05, 0) is 31.4 Å². The number of hydrogen-bond acceptors (Lipinski definition) is 4. The number of rotatable bonds is 5. The normalized spacial score (nSPS) is 16.9. The summed E-state index contributed by atoms with van der Waals surface area (Å²) in [6.07, 6.45) is 2.75. The number of thiophene rings is 1. The van der Waals surface area contributed by atoms with E-state index in [0.29, 0.717) is 15.6 Å². The second-order valence-corrected chi connectivity index (χ2v) is 6.53. The van der Waals surface area contributed by atoms with Gasteiger partial charge in [0.05, 0.1) is 6.61 Å². The summed E-state index contributed by atoms with van der Waals surface area (Å²) in [6, 6.07) is 4.65. The number of nitrogens with one attached hydrogen (secondary N) is 1. The van der Waals surface area contributed by atoms with Crippen LogP contribution in [0, 0.1) is 5.82 Å². The quantitative estimate of drug-likeness (QED) is 0.794. The molecule has 0 amide bonds. The fourth-order valence-corrected chi connectivity index (χ4v) is 3.85. The summed E-state index contributed by atoms with van der Waals surface area (Å²) >= 11 is 1.09. The third-order valence-electron chi connectivity index (χ3n) is 4.21. The molecule has 1 aliphatic rings. The van der Waals surface area contributed by atoms with Gasteiger partial charge in [-0.15, -0.1) is 11.3 Å². The highest BCUT2D eigenvalue weighted by Crippen LogP contribution is 2.36. The van der Waals surface area contributed by atoms with Gasteiger partial charge in [-0.1, -0.05) is 6.07 Å². The second-order valence-electron chi connectivity index (χ2n) is 5.47. The average molecular weight is 309 g/mol. The molecule has 0 atom stereocenters. The smallest absolute Gasteiger partial charge is 0.346 e. The van der Waals surface area contributed by atoms with E-state index in [1.54, 1.807) is 12.1 Å². The summed E-state index contributed by atoms with van der Waals surface area (Å²) in [5.41, 5.74) is 0.135. The molecule has 0 saturated heterocycles. The molecule has 1 aromatic heterocycles. The lowest BCUT2D eigenvalue weighted by molar-refractivity contribution is 0.0698. The molecule has 0 unspecified atom stereocenters. The Morgan fingerprint density at radius 1 is 1.43 bits per heavy atom. The van der Waals surface area contributed by atoms with Crippen molar-refractivity contribution in [3.05, 3.63) is 34.5 Å². The van der Waals surface area contributed by atoms with Crippen LogP contribution in [0.25, 0.3) is 10.1 Å². The molecule has 3 rings (SSSR count). The first kappa shape index (κ1) is 14.4. The standard InChI is InChI=1S/C15H16FNO3S/c16-10-3-1-4-11-12(10)9(13(21-11)14(19)20)7-17-15(8-18)5-2-6-15/h1,3-4,17-18H,2,5-8H2,(H,19,20). The monoisotopic (exact) mass is 309 g/mol. The number of fused-ring (bicyclic) bond motifs is 1. The van der Waals surface area contributed by atoms with E-state index in [2.05, 4.69) is 5.32 Å². The van der Waals surface area contributed by atoms with Gasteiger partial charge in [0, 0.05) is 27.7 Å². The predicted molar refractivity (Wildman–Crippen MR) is 79.2 cm³/mol. The molecule has 21 heavy (non-hydrogen) atoms. The first-order chi connectivity index (χ1) is 10.1. The van der Waals surface area contributed by atoms with E-state index in [4.69, 9.17) is 0 Å². The van der Waals surface area contributed by atoms with Crippen LogP contribution in [0.3, 0.4) is 0 Å². The van der Waals surface area contributed by atoms with E-state index < -0.39 is 11.8 Å². The highest BCUT2D eigenvalue weighted by atomic mass is 32.1. The molecule has 1 aromatic carbocycles. The Balaban J connectivity index is 1.99. The summed E-state index contributed by atoms with van der Waals surface area (Å²) < 4.78 is 14.7. The lowest BCUT2D eigenvalue weighted by Gasteiger charge is -2.41. The van der Waals surface area contributed by atoms with Crippen LogP contribution in [0.1, 0.15) is 34.5 Å². The number of aromatic carboxylic acids is 1. The van der Waals surface area contributed by atoms with Gasteiger partial charge in [0.15, 0.2) is 0 Å². The van der Waals surface area contributed by atoms with Crippen LogP contribution in [-0.4, -0.2) is 28.3 Å². The van der Waals surface area contributed by atoms with E-state index in [-0.39, 0.29) is 23.6 Å². The lowest BCUT2D eigenvalue weighted by atomic mass is 9.77. The number of carboxylic acid groups (broad SMARTS) is 1. The summed E-state index contributed by atoms with van der Waals surface area (Å²) in [5.74, 6) is -1.45. The van der Waals surface area contributed by atoms with Crippen molar-refractivity contribution < 1.29 is 19.4 Å². The number of aliphatic hydroxyl groups is 1. The number of hydrogen-bond donors (Lipinski definition) is 3. The number of carbonyl (C=O) groups is 1. The Morgan fingerprint density at radius 2 is 2.19 bits per heavy atom. The lowest BCUT2D eigenvalue weighted by Crippen LogP contribution is -2.53. The van der Waals surface area contributed by atoms with Gasteiger partial charge < -0.3 is 15.5 Å². The minimum absolute atomic E-state index is 0.0138. The number of carboxylic acids is 1. The van der Waals surface area contributed by atoms with E-state index in [1.807, 2.05) is 0 Å². The van der Waals surface area contributed by atoms with Crippen molar-refractivity contribution in [2.45, 2.75) is 31.3 Å². The first-order valence-corrected chi connectivity index (χ1v) is 7.67. The van der Waals surface area contributed by atoms with Crippen LogP contribution in [0.2, 0.25) is 0 Å². The van der Waals surface area contributed by atoms with E-state index in [0.717, 1.165) is 30.6 Å². The molecule has 1 heterocycles. The molecule has 6 heteroatoms. The molecule has 2 aromatic rings. The van der Waals surface area contributed by atoms with Crippen LogP contribution < -0.4 is 5.32 Å². The van der Waals surface area contributed by atoms with Crippen molar-refractivity contribution in [3.63, 3.8) is 0 Å². The Morgan fingerprint density at radius 3 is 2.76 bits per heavy atom. The Hall–Kier alpha value is -1.50. The van der Waals surface area contributed by atoms with Crippen molar-refractivity contribution in [2.75, 3.05) is 6.61 Å². The maximum atomic E-state index is 14.1. The maximum Gasteiger partial charge on any atom is 0.346 e. The SMILES string of the molecule is O=C(O)c1sc2cccc(F)c2c1CNC1(CO)CCC1. The fraction of sp³-hybridized carbons (Fsp3) is 0.400. The molecule has 1 aliphatic carbocycles. The molecular formula is C15H16FNO3S. The van der Waals surface area contributed by atoms with Crippen LogP contribution in [0.5, 0.6) is 0 Å². The van der Waals surface area contributed by atoms with Crippen molar-refractivity contribution >= 4 is 27.4 Å². The molecule has 112 valence electrons. The summed E-state index contributed by atoms with van der Waals surface area (Å²) in [4.78, 5) is 11.6. The van der Waals surface area contributed by atoms with Crippen molar-refractivity contribution in [2.24, 2.45) is 0 Å². The first-order valence-electron chi connectivity index (χ1n) is 6.85. The number of benzene rings is 1. The largest absolute Gasteiger partial charge is 0.477 e. The second kappa shape index (κ2) is 5.36. The molecule has 0 spiro atoms. The average Bonchev–Trinajstić information content (AvgIpc) is 2.78. The van der Waals surface area contributed by atoms with E-state index in [1.165, 1.54) is 6.07 Å². The third kappa shape index (κ3) is 2.43. The molecule has 0 radical (unpaired) electrons. The van der Waals surface area contributed by atoms with Gasteiger partial charge in [-0.2, -0.15) is 0 Å². The van der Waals surface area contributed by atoms with E-state index in [9.17, 15) is 19.4 Å². The topological polar surface area (TPSA) is 69.6 Å². The molecule has 1 saturated carbocycles. The van der Waals surface area contributed by atoms with Gasteiger partial charge in [-0.3, -0.25) is 0 Å². The third-order valence-corrected chi connectivity index (χ3v) is 5.40. The minimum Gasteiger partial charge on any atom is -0.477 e. The minimum atomic E-state index is -1.04. The Labute approximate surface area is 125 Å². The van der Waals surface area contributed by atoms with Crippen molar-refractivity contribution in [1.29, 1.82) is 0 Å². The zero-order valence-electron chi connectivity index (χ0n) is 11.4. The van der Waals surface area contributed by atoms with Crippen molar-refractivity contribution in [3.8, 4) is 0 Å². The van der Waals surface area contributed by atoms with Gasteiger partial charge in [0.25, 0.3) is 0 Å².